The number of rotatable bonds is 4. The number of benzene rings is 1. The van der Waals surface area contributed by atoms with Gasteiger partial charge in [-0.05, 0) is 18.8 Å². The molecule has 0 bridgehead atoms. The van der Waals surface area contributed by atoms with Crippen molar-refractivity contribution in [2.45, 2.75) is 43.0 Å². The molecule has 1 aliphatic rings. The summed E-state index contributed by atoms with van der Waals surface area (Å²) in [5.74, 6) is -4.15. The molecule has 2 atom stereocenters. The summed E-state index contributed by atoms with van der Waals surface area (Å²) in [5, 5.41) is 0. The Labute approximate surface area is 140 Å². The highest BCUT2D eigenvalue weighted by molar-refractivity contribution is 7.89. The zero-order valence-corrected chi connectivity index (χ0v) is 14.2. The van der Waals surface area contributed by atoms with E-state index < -0.39 is 37.9 Å². The summed E-state index contributed by atoms with van der Waals surface area (Å²) in [6, 6.07) is 0.689. The Morgan fingerprint density at radius 3 is 2.30 bits per heavy atom. The first kappa shape index (κ1) is 20.2. The lowest BCUT2D eigenvalue weighted by atomic mass is 9.74. The molecule has 0 aliphatic heterocycles. The summed E-state index contributed by atoms with van der Waals surface area (Å²) in [6.07, 6.45) is 2.99. The molecule has 4 nitrogen and oxygen atoms in total. The van der Waals surface area contributed by atoms with E-state index in [0.29, 0.717) is 18.6 Å². The van der Waals surface area contributed by atoms with E-state index in [1.54, 1.807) is 0 Å². The third kappa shape index (κ3) is 3.99. The van der Waals surface area contributed by atoms with Crippen LogP contribution in [0.5, 0.6) is 0 Å². The largest absolute Gasteiger partial charge is 0.329 e. The number of halogens is 4. The zero-order chi connectivity index (χ0) is 16.5. The summed E-state index contributed by atoms with van der Waals surface area (Å²) in [6.45, 7) is 1.88. The van der Waals surface area contributed by atoms with Crippen LogP contribution in [0.3, 0.4) is 0 Å². The molecule has 2 unspecified atom stereocenters. The highest BCUT2D eigenvalue weighted by atomic mass is 35.5. The Kier molecular flexibility index (Phi) is 6.48. The van der Waals surface area contributed by atoms with Crippen molar-refractivity contribution >= 4 is 22.4 Å². The van der Waals surface area contributed by atoms with E-state index in [1.165, 1.54) is 0 Å². The molecule has 1 aliphatic carbocycles. The van der Waals surface area contributed by atoms with Gasteiger partial charge in [-0.1, -0.05) is 19.8 Å². The summed E-state index contributed by atoms with van der Waals surface area (Å²) >= 11 is 0. The fraction of sp³-hybridized carbons (Fsp3) is 0.571. The van der Waals surface area contributed by atoms with Crippen molar-refractivity contribution in [2.75, 3.05) is 6.54 Å². The third-order valence-corrected chi connectivity index (χ3v) is 5.99. The lowest BCUT2D eigenvalue weighted by Crippen LogP contribution is -2.59. The zero-order valence-electron chi connectivity index (χ0n) is 12.6. The first-order chi connectivity index (χ1) is 10.2. The van der Waals surface area contributed by atoms with Crippen LogP contribution in [0.4, 0.5) is 13.2 Å². The Morgan fingerprint density at radius 2 is 1.83 bits per heavy atom. The number of hydrogen-bond acceptors (Lipinski definition) is 3. The lowest BCUT2D eigenvalue weighted by molar-refractivity contribution is 0.191. The van der Waals surface area contributed by atoms with Gasteiger partial charge < -0.3 is 5.73 Å². The fourth-order valence-corrected chi connectivity index (χ4v) is 4.67. The standard InChI is InChI=1S/C14H19F3N2O2S.ClH/c1-9-4-2-3-5-14(9,8-18)19-22(20,21)13-11(16)6-10(15)7-12(13)17;/h6-7,9,19H,2-5,8,18H2,1H3;1H. The molecule has 1 fully saturated rings. The molecule has 3 N–H and O–H groups in total. The molecule has 1 aromatic carbocycles. The van der Waals surface area contributed by atoms with Crippen LogP contribution < -0.4 is 10.5 Å². The van der Waals surface area contributed by atoms with Gasteiger partial charge in [0.2, 0.25) is 10.0 Å². The second kappa shape index (κ2) is 7.38. The minimum atomic E-state index is -4.49. The number of hydrogen-bond donors (Lipinski definition) is 2. The van der Waals surface area contributed by atoms with Gasteiger partial charge in [-0.3, -0.25) is 0 Å². The maximum absolute atomic E-state index is 13.8. The van der Waals surface area contributed by atoms with Gasteiger partial charge in [0.25, 0.3) is 0 Å². The van der Waals surface area contributed by atoms with Crippen molar-refractivity contribution in [2.24, 2.45) is 11.7 Å². The van der Waals surface area contributed by atoms with Gasteiger partial charge >= 0.3 is 0 Å². The van der Waals surface area contributed by atoms with E-state index in [0.717, 1.165) is 19.3 Å². The monoisotopic (exact) mass is 372 g/mol. The summed E-state index contributed by atoms with van der Waals surface area (Å²) in [7, 11) is -4.49. The van der Waals surface area contributed by atoms with E-state index in [9.17, 15) is 21.6 Å². The topological polar surface area (TPSA) is 72.2 Å². The normalized spacial score (nSPS) is 25.0. The molecule has 23 heavy (non-hydrogen) atoms. The predicted molar refractivity (Wildman–Crippen MR) is 83.3 cm³/mol. The van der Waals surface area contributed by atoms with Crippen LogP contribution in [0, 0.1) is 23.4 Å². The lowest BCUT2D eigenvalue weighted by Gasteiger charge is -2.42. The van der Waals surface area contributed by atoms with Crippen molar-refractivity contribution in [3.63, 3.8) is 0 Å². The van der Waals surface area contributed by atoms with Crippen LogP contribution >= 0.6 is 12.4 Å². The summed E-state index contributed by atoms with van der Waals surface area (Å²) in [4.78, 5) is -1.17. The number of nitrogens with two attached hydrogens (primary N) is 1. The SMILES string of the molecule is CC1CCCCC1(CN)NS(=O)(=O)c1c(F)cc(F)cc1F.Cl. The minimum Gasteiger partial charge on any atom is -0.329 e. The quantitative estimate of drug-likeness (QED) is 0.853. The second-order valence-electron chi connectivity index (χ2n) is 5.81. The summed E-state index contributed by atoms with van der Waals surface area (Å²) in [5.41, 5.74) is 4.80. The molecule has 0 spiro atoms. The number of nitrogens with one attached hydrogen (secondary N) is 1. The van der Waals surface area contributed by atoms with Gasteiger partial charge in [0.05, 0.1) is 0 Å². The van der Waals surface area contributed by atoms with Gasteiger partial charge in [0, 0.05) is 24.2 Å². The fourth-order valence-electron chi connectivity index (χ4n) is 3.01. The molecule has 1 saturated carbocycles. The average molecular weight is 373 g/mol. The molecule has 0 saturated heterocycles. The Morgan fingerprint density at radius 1 is 1.26 bits per heavy atom. The van der Waals surface area contributed by atoms with E-state index in [2.05, 4.69) is 4.72 Å². The van der Waals surface area contributed by atoms with Crippen LogP contribution in [0.25, 0.3) is 0 Å². The van der Waals surface area contributed by atoms with Crippen LogP contribution in [-0.2, 0) is 10.0 Å². The van der Waals surface area contributed by atoms with Crippen molar-refractivity contribution in [3.8, 4) is 0 Å². The summed E-state index contributed by atoms with van der Waals surface area (Å²) < 4.78 is 67.6. The second-order valence-corrected chi connectivity index (χ2v) is 7.43. The van der Waals surface area contributed by atoms with Crippen LogP contribution in [0.2, 0.25) is 0 Å². The van der Waals surface area contributed by atoms with Gasteiger partial charge in [-0.2, -0.15) is 0 Å². The van der Waals surface area contributed by atoms with Gasteiger partial charge in [0.15, 0.2) is 4.90 Å². The average Bonchev–Trinajstić information content (AvgIpc) is 2.39. The molecule has 0 amide bonds. The third-order valence-electron chi connectivity index (χ3n) is 4.39. The molecule has 2 rings (SSSR count). The maximum atomic E-state index is 13.8. The molecule has 9 heteroatoms. The van der Waals surface area contributed by atoms with E-state index >= 15 is 0 Å². The van der Waals surface area contributed by atoms with E-state index in [1.807, 2.05) is 6.92 Å². The van der Waals surface area contributed by atoms with E-state index in [4.69, 9.17) is 5.73 Å². The van der Waals surface area contributed by atoms with Crippen molar-refractivity contribution in [1.29, 1.82) is 0 Å². The molecular formula is C14H20ClF3N2O2S. The van der Waals surface area contributed by atoms with Crippen molar-refractivity contribution in [1.82, 2.24) is 4.72 Å². The van der Waals surface area contributed by atoms with Gasteiger partial charge in [-0.25, -0.2) is 26.3 Å². The van der Waals surface area contributed by atoms with E-state index in [-0.39, 0.29) is 24.9 Å². The highest BCUT2D eigenvalue weighted by Crippen LogP contribution is 2.34. The van der Waals surface area contributed by atoms with Gasteiger partial charge in [0.1, 0.15) is 17.5 Å². The van der Waals surface area contributed by atoms with Crippen LogP contribution in [0.1, 0.15) is 32.6 Å². The van der Waals surface area contributed by atoms with Crippen molar-refractivity contribution < 1.29 is 21.6 Å². The van der Waals surface area contributed by atoms with Crippen molar-refractivity contribution in [3.05, 3.63) is 29.6 Å². The molecule has 132 valence electrons. The molecule has 0 heterocycles. The number of sulfonamides is 1. The smallest absolute Gasteiger partial charge is 0.246 e. The van der Waals surface area contributed by atoms with Crippen LogP contribution in [0.15, 0.2) is 17.0 Å². The Balaban J connectivity index is 0.00000264. The minimum absolute atomic E-state index is 0. The molecular weight excluding hydrogens is 353 g/mol. The Bertz CT molecular complexity index is 649. The van der Waals surface area contributed by atoms with Crippen LogP contribution in [-0.4, -0.2) is 20.5 Å². The first-order valence-electron chi connectivity index (χ1n) is 7.10. The maximum Gasteiger partial charge on any atom is 0.246 e. The molecule has 0 radical (unpaired) electrons. The predicted octanol–water partition coefficient (Wildman–Crippen LogP) is 2.71. The molecule has 1 aromatic rings. The molecule has 0 aromatic heterocycles. The first-order valence-corrected chi connectivity index (χ1v) is 8.59. The van der Waals surface area contributed by atoms with Gasteiger partial charge in [-0.15, -0.1) is 12.4 Å². The highest BCUT2D eigenvalue weighted by Gasteiger charge is 2.42. The Hall–Kier alpha value is -0.830.